The summed E-state index contributed by atoms with van der Waals surface area (Å²) in [5, 5.41) is 4.27. The highest BCUT2D eigenvalue weighted by molar-refractivity contribution is 7.71. The van der Waals surface area contributed by atoms with Crippen LogP contribution in [0.15, 0.2) is 17.1 Å². The van der Waals surface area contributed by atoms with Crippen molar-refractivity contribution in [3.05, 3.63) is 38.6 Å². The number of aromatic amines is 1. The summed E-state index contributed by atoms with van der Waals surface area (Å²) in [6, 6.07) is 1.38. The number of pyridine rings is 1. The molecule has 9 heteroatoms. The van der Waals surface area contributed by atoms with Gasteiger partial charge in [0.2, 0.25) is 0 Å². The molecule has 1 aliphatic carbocycles. The number of alkyl halides is 2. The summed E-state index contributed by atoms with van der Waals surface area (Å²) >= 11 is 5.26. The van der Waals surface area contributed by atoms with E-state index in [1.54, 1.807) is 22.4 Å². The van der Waals surface area contributed by atoms with Gasteiger partial charge in [0.15, 0.2) is 4.77 Å². The second kappa shape index (κ2) is 6.08. The van der Waals surface area contributed by atoms with Crippen molar-refractivity contribution in [2.75, 3.05) is 0 Å². The fourth-order valence-electron chi connectivity index (χ4n) is 3.19. The summed E-state index contributed by atoms with van der Waals surface area (Å²) in [4.78, 5) is 19.4. The molecule has 0 spiro atoms. The number of halogens is 2. The van der Waals surface area contributed by atoms with E-state index in [1.165, 1.54) is 6.07 Å². The van der Waals surface area contributed by atoms with Gasteiger partial charge in [-0.25, -0.2) is 13.8 Å². The van der Waals surface area contributed by atoms with Gasteiger partial charge in [-0.1, -0.05) is 0 Å². The smallest absolute Gasteiger partial charge is 0.264 e. The highest BCUT2D eigenvalue weighted by Crippen LogP contribution is 2.38. The minimum atomic E-state index is -2.80. The number of aryl methyl sites for hydroxylation is 2. The van der Waals surface area contributed by atoms with Gasteiger partial charge in [0.25, 0.3) is 12.0 Å². The molecule has 6 nitrogen and oxygen atoms in total. The van der Waals surface area contributed by atoms with E-state index in [0.717, 1.165) is 12.8 Å². The largest absolute Gasteiger partial charge is 0.299 e. The second-order valence-electron chi connectivity index (χ2n) is 6.44. The van der Waals surface area contributed by atoms with Crippen LogP contribution in [-0.2, 0) is 6.54 Å². The Labute approximate surface area is 152 Å². The Kier molecular flexibility index (Phi) is 3.98. The standard InChI is InChI=1S/C17H17F2N5OS/c1-3-23-7-11(8(2)22-23)12-6-10(14(18)19)13-15(20-12)24(9-4-5-9)17(26)21-16(13)25/h6-7,9,14H,3-5H2,1-2H3,(H,21,25,26). The van der Waals surface area contributed by atoms with Crippen molar-refractivity contribution in [1.82, 2.24) is 24.3 Å². The fraction of sp³-hybridized carbons (Fsp3) is 0.412. The molecule has 0 saturated heterocycles. The van der Waals surface area contributed by atoms with Crippen molar-refractivity contribution in [2.24, 2.45) is 0 Å². The van der Waals surface area contributed by atoms with Gasteiger partial charge < -0.3 is 0 Å². The Balaban J connectivity index is 2.10. The van der Waals surface area contributed by atoms with Crippen molar-refractivity contribution in [1.29, 1.82) is 0 Å². The zero-order chi connectivity index (χ0) is 18.6. The average molecular weight is 377 g/mol. The molecule has 4 rings (SSSR count). The van der Waals surface area contributed by atoms with E-state index in [4.69, 9.17) is 12.2 Å². The van der Waals surface area contributed by atoms with E-state index in [0.29, 0.717) is 23.5 Å². The molecular formula is C17H17F2N5OS. The average Bonchev–Trinajstić information content (AvgIpc) is 3.34. The second-order valence-corrected chi connectivity index (χ2v) is 6.83. The first kappa shape index (κ1) is 17.0. The van der Waals surface area contributed by atoms with Gasteiger partial charge >= 0.3 is 0 Å². The van der Waals surface area contributed by atoms with E-state index in [2.05, 4.69) is 15.1 Å². The Morgan fingerprint density at radius 2 is 2.15 bits per heavy atom. The van der Waals surface area contributed by atoms with Crippen LogP contribution >= 0.6 is 12.2 Å². The van der Waals surface area contributed by atoms with Crippen molar-refractivity contribution in [3.8, 4) is 11.3 Å². The predicted octanol–water partition coefficient (Wildman–Crippen LogP) is 3.92. The lowest BCUT2D eigenvalue weighted by Crippen LogP contribution is -2.17. The Hall–Kier alpha value is -2.42. The number of aromatic nitrogens is 5. The van der Waals surface area contributed by atoms with Gasteiger partial charge in [0, 0.05) is 29.9 Å². The number of fused-ring (bicyclic) bond motifs is 1. The first-order chi connectivity index (χ1) is 12.4. The molecule has 1 aliphatic rings. The van der Waals surface area contributed by atoms with E-state index < -0.39 is 12.0 Å². The first-order valence-electron chi connectivity index (χ1n) is 8.42. The van der Waals surface area contributed by atoms with Crippen molar-refractivity contribution >= 4 is 23.3 Å². The predicted molar refractivity (Wildman–Crippen MR) is 96.0 cm³/mol. The molecule has 136 valence electrons. The lowest BCUT2D eigenvalue weighted by Gasteiger charge is -2.13. The van der Waals surface area contributed by atoms with Gasteiger partial charge in [-0.05, 0) is 45.0 Å². The molecule has 0 atom stereocenters. The van der Waals surface area contributed by atoms with Crippen molar-refractivity contribution < 1.29 is 8.78 Å². The quantitative estimate of drug-likeness (QED) is 0.700. The molecule has 0 radical (unpaired) electrons. The van der Waals surface area contributed by atoms with Crippen LogP contribution in [0.5, 0.6) is 0 Å². The number of hydrogen-bond donors (Lipinski definition) is 1. The van der Waals surface area contributed by atoms with Crippen LogP contribution in [-0.4, -0.2) is 24.3 Å². The van der Waals surface area contributed by atoms with E-state index in [9.17, 15) is 13.6 Å². The van der Waals surface area contributed by atoms with Crippen LogP contribution in [0.2, 0.25) is 0 Å². The summed E-state index contributed by atoms with van der Waals surface area (Å²) in [7, 11) is 0. The van der Waals surface area contributed by atoms with Crippen molar-refractivity contribution in [2.45, 2.75) is 45.7 Å². The highest BCUT2D eigenvalue weighted by atomic mass is 32.1. The third-order valence-corrected chi connectivity index (χ3v) is 4.92. The summed E-state index contributed by atoms with van der Waals surface area (Å²) in [5.41, 5.74) is 0.998. The zero-order valence-corrected chi connectivity index (χ0v) is 15.1. The maximum Gasteiger partial charge on any atom is 0.264 e. The summed E-state index contributed by atoms with van der Waals surface area (Å²) in [5.74, 6) is 0. The molecule has 0 aliphatic heterocycles. The third kappa shape index (κ3) is 2.66. The number of nitrogens with zero attached hydrogens (tertiary/aromatic N) is 4. The molecule has 0 bridgehead atoms. The zero-order valence-electron chi connectivity index (χ0n) is 14.3. The summed E-state index contributed by atoms with van der Waals surface area (Å²) in [6.45, 7) is 4.41. The van der Waals surface area contributed by atoms with Gasteiger partial charge in [-0.2, -0.15) is 5.10 Å². The molecule has 3 aromatic rings. The topological polar surface area (TPSA) is 68.5 Å². The summed E-state index contributed by atoms with van der Waals surface area (Å²) in [6.07, 6.45) is 0.753. The maximum absolute atomic E-state index is 13.8. The number of rotatable bonds is 4. The monoisotopic (exact) mass is 377 g/mol. The Morgan fingerprint density at radius 3 is 2.73 bits per heavy atom. The molecule has 0 aromatic carbocycles. The van der Waals surface area contributed by atoms with Crippen LogP contribution in [0.3, 0.4) is 0 Å². The normalized spacial score (nSPS) is 14.5. The SMILES string of the molecule is CCn1cc(-c2cc(C(F)F)c3c(=O)[nH]c(=S)n(C4CC4)c3n2)c(C)n1. The lowest BCUT2D eigenvalue weighted by atomic mass is 10.1. The van der Waals surface area contributed by atoms with Gasteiger partial charge in [-0.15, -0.1) is 0 Å². The van der Waals surface area contributed by atoms with Crippen LogP contribution in [0.25, 0.3) is 22.3 Å². The Bertz CT molecular complexity index is 1130. The minimum absolute atomic E-state index is 0.0922. The lowest BCUT2D eigenvalue weighted by molar-refractivity contribution is 0.153. The minimum Gasteiger partial charge on any atom is -0.299 e. The fourth-order valence-corrected chi connectivity index (χ4v) is 3.51. The molecule has 1 N–H and O–H groups in total. The Morgan fingerprint density at radius 1 is 1.42 bits per heavy atom. The van der Waals surface area contributed by atoms with E-state index in [1.807, 2.05) is 6.92 Å². The molecule has 26 heavy (non-hydrogen) atoms. The molecule has 3 aromatic heterocycles. The number of nitrogens with one attached hydrogen (secondary N) is 1. The van der Waals surface area contributed by atoms with E-state index >= 15 is 0 Å². The number of hydrogen-bond acceptors (Lipinski definition) is 4. The van der Waals surface area contributed by atoms with Crippen molar-refractivity contribution in [3.63, 3.8) is 0 Å². The molecule has 0 amide bonds. The molecule has 1 saturated carbocycles. The number of H-pyrrole nitrogens is 1. The molecule has 0 unspecified atom stereocenters. The van der Waals surface area contributed by atoms with Crippen LogP contribution < -0.4 is 5.56 Å². The van der Waals surface area contributed by atoms with Crippen LogP contribution in [0.1, 0.15) is 43.5 Å². The summed E-state index contributed by atoms with van der Waals surface area (Å²) < 4.78 is 31.2. The van der Waals surface area contributed by atoms with Gasteiger partial charge in [0.1, 0.15) is 5.65 Å². The maximum atomic E-state index is 13.8. The van der Waals surface area contributed by atoms with Crippen LogP contribution in [0.4, 0.5) is 8.78 Å². The molecule has 1 fully saturated rings. The van der Waals surface area contributed by atoms with Gasteiger partial charge in [-0.3, -0.25) is 19.0 Å². The first-order valence-corrected chi connectivity index (χ1v) is 8.83. The van der Waals surface area contributed by atoms with Crippen LogP contribution in [0, 0.1) is 11.7 Å². The van der Waals surface area contributed by atoms with Gasteiger partial charge in [0.05, 0.1) is 16.8 Å². The molecule has 3 heterocycles. The highest BCUT2D eigenvalue weighted by Gasteiger charge is 2.29. The molecular weight excluding hydrogens is 360 g/mol. The van der Waals surface area contributed by atoms with E-state index in [-0.39, 0.29) is 27.4 Å². The third-order valence-electron chi connectivity index (χ3n) is 4.62.